The van der Waals surface area contributed by atoms with Crippen LogP contribution in [0, 0.1) is 11.8 Å². The summed E-state index contributed by atoms with van der Waals surface area (Å²) in [5.41, 5.74) is 0. The maximum atomic E-state index is 12.3. The van der Waals surface area contributed by atoms with Gasteiger partial charge in [-0.25, -0.2) is 13.1 Å². The van der Waals surface area contributed by atoms with Gasteiger partial charge >= 0.3 is 0 Å². The standard InChI is InChI=1S/C15H26N2O2S2/c1-11(2)16-9-8-14-6-7-15(20-14)21(18,19)17-10-12(3)13-4-5-13/h6-7,11-13,16-17H,4-5,8-10H2,1-3H3. The normalized spacial score (nSPS) is 17.3. The Kier molecular flexibility index (Phi) is 5.82. The summed E-state index contributed by atoms with van der Waals surface area (Å²) in [7, 11) is -3.33. The summed E-state index contributed by atoms with van der Waals surface area (Å²) in [6.45, 7) is 7.76. The van der Waals surface area contributed by atoms with Crippen molar-refractivity contribution in [2.24, 2.45) is 11.8 Å². The molecule has 1 heterocycles. The second-order valence-corrected chi connectivity index (χ2v) is 9.41. The Morgan fingerprint density at radius 1 is 1.29 bits per heavy atom. The van der Waals surface area contributed by atoms with Gasteiger partial charge in [0.25, 0.3) is 0 Å². The predicted molar refractivity (Wildman–Crippen MR) is 88.2 cm³/mol. The molecule has 1 unspecified atom stereocenters. The van der Waals surface area contributed by atoms with E-state index in [-0.39, 0.29) is 0 Å². The van der Waals surface area contributed by atoms with Crippen molar-refractivity contribution in [1.82, 2.24) is 10.0 Å². The van der Waals surface area contributed by atoms with Gasteiger partial charge in [0.2, 0.25) is 10.0 Å². The largest absolute Gasteiger partial charge is 0.314 e. The molecule has 0 bridgehead atoms. The van der Waals surface area contributed by atoms with Gasteiger partial charge in [0, 0.05) is 24.0 Å². The number of hydrogen-bond donors (Lipinski definition) is 2. The lowest BCUT2D eigenvalue weighted by molar-refractivity contribution is 0.492. The molecule has 1 aliphatic carbocycles. The highest BCUT2D eigenvalue weighted by Crippen LogP contribution is 2.36. The van der Waals surface area contributed by atoms with E-state index in [1.54, 1.807) is 6.07 Å². The van der Waals surface area contributed by atoms with Gasteiger partial charge in [-0.3, -0.25) is 0 Å². The van der Waals surface area contributed by atoms with Gasteiger partial charge in [0.1, 0.15) is 4.21 Å². The second-order valence-electron chi connectivity index (χ2n) is 6.25. The van der Waals surface area contributed by atoms with Crippen molar-refractivity contribution >= 4 is 21.4 Å². The minimum Gasteiger partial charge on any atom is -0.314 e. The van der Waals surface area contributed by atoms with Crippen molar-refractivity contribution < 1.29 is 8.42 Å². The van der Waals surface area contributed by atoms with Crippen LogP contribution >= 0.6 is 11.3 Å². The number of rotatable bonds is 9. The molecule has 1 atom stereocenters. The van der Waals surface area contributed by atoms with Crippen molar-refractivity contribution in [2.45, 2.75) is 50.3 Å². The molecule has 6 heteroatoms. The molecular formula is C15H26N2O2S2. The zero-order valence-corrected chi connectivity index (χ0v) is 14.7. The minimum absolute atomic E-state index is 0.435. The van der Waals surface area contributed by atoms with Crippen LogP contribution in [0.25, 0.3) is 0 Å². The fraction of sp³-hybridized carbons (Fsp3) is 0.733. The van der Waals surface area contributed by atoms with E-state index in [0.29, 0.717) is 28.6 Å². The summed E-state index contributed by atoms with van der Waals surface area (Å²) in [4.78, 5) is 1.11. The smallest absolute Gasteiger partial charge is 0.250 e. The van der Waals surface area contributed by atoms with Gasteiger partial charge in [-0.05, 0) is 43.2 Å². The molecule has 4 nitrogen and oxygen atoms in total. The lowest BCUT2D eigenvalue weighted by Crippen LogP contribution is -2.28. The molecule has 1 aliphatic rings. The molecule has 1 aromatic heterocycles. The van der Waals surface area contributed by atoms with Gasteiger partial charge in [-0.2, -0.15) is 0 Å². The molecule has 0 amide bonds. The van der Waals surface area contributed by atoms with Crippen LogP contribution in [0.2, 0.25) is 0 Å². The van der Waals surface area contributed by atoms with Crippen LogP contribution in [0.3, 0.4) is 0 Å². The van der Waals surface area contributed by atoms with Crippen LogP contribution < -0.4 is 10.0 Å². The van der Waals surface area contributed by atoms with Crippen molar-refractivity contribution in [3.05, 3.63) is 17.0 Å². The topological polar surface area (TPSA) is 58.2 Å². The number of thiophene rings is 1. The summed E-state index contributed by atoms with van der Waals surface area (Å²) in [6.07, 6.45) is 3.36. The molecule has 1 fully saturated rings. The molecule has 0 aliphatic heterocycles. The maximum absolute atomic E-state index is 12.3. The first kappa shape index (κ1) is 16.9. The molecular weight excluding hydrogens is 304 g/mol. The van der Waals surface area contributed by atoms with E-state index in [4.69, 9.17) is 0 Å². The summed E-state index contributed by atoms with van der Waals surface area (Å²) >= 11 is 1.38. The Morgan fingerprint density at radius 3 is 2.62 bits per heavy atom. The number of nitrogens with one attached hydrogen (secondary N) is 2. The second kappa shape index (κ2) is 7.22. The zero-order chi connectivity index (χ0) is 15.5. The van der Waals surface area contributed by atoms with Crippen molar-refractivity contribution in [3.8, 4) is 0 Å². The van der Waals surface area contributed by atoms with E-state index in [9.17, 15) is 8.42 Å². The first-order valence-electron chi connectivity index (χ1n) is 7.70. The minimum atomic E-state index is -3.33. The summed E-state index contributed by atoms with van der Waals surface area (Å²) in [5.74, 6) is 1.16. The quantitative estimate of drug-likeness (QED) is 0.732. The van der Waals surface area contributed by atoms with Gasteiger partial charge in [0.15, 0.2) is 0 Å². The fourth-order valence-electron chi connectivity index (χ4n) is 2.27. The molecule has 2 N–H and O–H groups in total. The third kappa shape index (κ3) is 5.36. The van der Waals surface area contributed by atoms with Crippen molar-refractivity contribution in [3.63, 3.8) is 0 Å². The Bertz CT molecular complexity index is 548. The van der Waals surface area contributed by atoms with Crippen molar-refractivity contribution in [1.29, 1.82) is 0 Å². The molecule has 120 valence electrons. The number of sulfonamides is 1. The van der Waals surface area contributed by atoms with E-state index in [1.807, 2.05) is 6.07 Å². The first-order valence-corrected chi connectivity index (χ1v) is 10.00. The van der Waals surface area contributed by atoms with Crippen LogP contribution in [0.5, 0.6) is 0 Å². The monoisotopic (exact) mass is 330 g/mol. The average Bonchev–Trinajstić information content (AvgIpc) is 3.15. The lowest BCUT2D eigenvalue weighted by atomic mass is 10.1. The summed E-state index contributed by atoms with van der Waals surface area (Å²) < 4.78 is 27.7. The average molecular weight is 331 g/mol. The molecule has 1 saturated carbocycles. The highest BCUT2D eigenvalue weighted by Gasteiger charge is 2.29. The lowest BCUT2D eigenvalue weighted by Gasteiger charge is -2.10. The number of hydrogen-bond acceptors (Lipinski definition) is 4. The van der Waals surface area contributed by atoms with Gasteiger partial charge in [-0.1, -0.05) is 20.8 Å². The van der Waals surface area contributed by atoms with E-state index >= 15 is 0 Å². The molecule has 0 saturated heterocycles. The maximum Gasteiger partial charge on any atom is 0.250 e. The van der Waals surface area contributed by atoms with Crippen LogP contribution in [-0.2, 0) is 16.4 Å². The zero-order valence-electron chi connectivity index (χ0n) is 13.1. The molecule has 0 aromatic carbocycles. The molecule has 1 aromatic rings. The van der Waals surface area contributed by atoms with Gasteiger partial charge < -0.3 is 5.32 Å². The summed E-state index contributed by atoms with van der Waals surface area (Å²) in [5, 5.41) is 3.34. The van der Waals surface area contributed by atoms with Crippen LogP contribution in [0.15, 0.2) is 16.3 Å². The molecule has 0 spiro atoms. The predicted octanol–water partition coefficient (Wildman–Crippen LogP) is 2.61. The first-order chi connectivity index (χ1) is 9.88. The van der Waals surface area contributed by atoms with E-state index in [1.165, 1.54) is 24.2 Å². The molecule has 21 heavy (non-hydrogen) atoms. The van der Waals surface area contributed by atoms with Gasteiger partial charge in [-0.15, -0.1) is 11.3 Å². The SMILES string of the molecule is CC(C)NCCc1ccc(S(=O)(=O)NCC(C)C2CC2)s1. The molecule has 2 rings (SSSR count). The fourth-order valence-corrected chi connectivity index (χ4v) is 4.81. The van der Waals surface area contributed by atoms with Crippen LogP contribution in [-0.4, -0.2) is 27.5 Å². The van der Waals surface area contributed by atoms with E-state index < -0.39 is 10.0 Å². The molecule has 0 radical (unpaired) electrons. The van der Waals surface area contributed by atoms with E-state index in [0.717, 1.165) is 17.8 Å². The third-order valence-electron chi connectivity index (χ3n) is 3.85. The Balaban J connectivity index is 1.86. The highest BCUT2D eigenvalue weighted by atomic mass is 32.2. The van der Waals surface area contributed by atoms with Gasteiger partial charge in [0.05, 0.1) is 0 Å². The summed E-state index contributed by atoms with van der Waals surface area (Å²) in [6, 6.07) is 4.10. The Morgan fingerprint density at radius 2 is 2.00 bits per heavy atom. The third-order valence-corrected chi connectivity index (χ3v) is 6.91. The van der Waals surface area contributed by atoms with E-state index in [2.05, 4.69) is 30.8 Å². The Labute approximate surface area is 132 Å². The van der Waals surface area contributed by atoms with Crippen LogP contribution in [0.1, 0.15) is 38.5 Å². The van der Waals surface area contributed by atoms with Crippen LogP contribution in [0.4, 0.5) is 0 Å². The Hall–Kier alpha value is -0.430. The highest BCUT2D eigenvalue weighted by molar-refractivity contribution is 7.91. The van der Waals surface area contributed by atoms with Crippen molar-refractivity contribution in [2.75, 3.05) is 13.1 Å².